The van der Waals surface area contributed by atoms with Gasteiger partial charge in [-0.05, 0) is 56.3 Å². The first-order valence-corrected chi connectivity index (χ1v) is 7.64. The van der Waals surface area contributed by atoms with Crippen LogP contribution in [0.25, 0.3) is 10.9 Å². The summed E-state index contributed by atoms with van der Waals surface area (Å²) in [6.45, 7) is 4.13. The number of aromatic amines is 1. The van der Waals surface area contributed by atoms with Gasteiger partial charge < -0.3 is 10.6 Å². The van der Waals surface area contributed by atoms with Crippen LogP contribution in [0.3, 0.4) is 0 Å². The normalized spacial score (nSPS) is 22.3. The monoisotopic (exact) mass is 320 g/mol. The standard InChI is InChI=1S/C16H20N4O.ClH/c1-10-2-3-13(14-11(10)9-18-20-14)19-15(21)12-8-16(12)4-6-17-7-5-16;/h2-3,9,12,17H,4-8H2,1H3,(H,18,20)(H,19,21);1H. The van der Waals surface area contributed by atoms with Crippen LogP contribution in [0.2, 0.25) is 0 Å². The van der Waals surface area contributed by atoms with Gasteiger partial charge >= 0.3 is 0 Å². The average Bonchev–Trinajstić information content (AvgIpc) is 2.97. The summed E-state index contributed by atoms with van der Waals surface area (Å²) >= 11 is 0. The van der Waals surface area contributed by atoms with Gasteiger partial charge in [-0.15, -0.1) is 12.4 Å². The zero-order valence-corrected chi connectivity index (χ0v) is 13.4. The van der Waals surface area contributed by atoms with E-state index >= 15 is 0 Å². The van der Waals surface area contributed by atoms with E-state index in [9.17, 15) is 4.79 Å². The molecule has 2 aliphatic rings. The number of nitrogens with zero attached hydrogens (tertiary/aromatic N) is 1. The zero-order chi connectivity index (χ0) is 14.4. The van der Waals surface area contributed by atoms with Crippen LogP contribution in [0, 0.1) is 18.3 Å². The van der Waals surface area contributed by atoms with Crippen molar-refractivity contribution in [3.63, 3.8) is 0 Å². The predicted octanol–water partition coefficient (Wildman–Crippen LogP) is 2.62. The molecule has 2 fully saturated rings. The van der Waals surface area contributed by atoms with Gasteiger partial charge in [-0.2, -0.15) is 5.10 Å². The van der Waals surface area contributed by atoms with Crippen LogP contribution in [0.15, 0.2) is 18.3 Å². The number of aromatic nitrogens is 2. The molecule has 1 aromatic heterocycles. The summed E-state index contributed by atoms with van der Waals surface area (Å²) in [6.07, 6.45) is 5.10. The van der Waals surface area contributed by atoms with Crippen molar-refractivity contribution in [3.8, 4) is 0 Å². The van der Waals surface area contributed by atoms with Gasteiger partial charge in [-0.25, -0.2) is 0 Å². The van der Waals surface area contributed by atoms with E-state index in [0.29, 0.717) is 0 Å². The van der Waals surface area contributed by atoms with Gasteiger partial charge in [-0.3, -0.25) is 9.89 Å². The van der Waals surface area contributed by atoms with Gasteiger partial charge in [0.1, 0.15) is 0 Å². The molecular weight excluding hydrogens is 300 g/mol. The third-order valence-electron chi connectivity index (χ3n) is 5.20. The molecule has 1 amide bonds. The molecule has 0 bridgehead atoms. The van der Waals surface area contributed by atoms with Crippen LogP contribution >= 0.6 is 12.4 Å². The summed E-state index contributed by atoms with van der Waals surface area (Å²) in [5.74, 6) is 0.343. The molecule has 0 radical (unpaired) electrons. The van der Waals surface area contributed by atoms with Crippen molar-refractivity contribution in [1.82, 2.24) is 15.5 Å². The summed E-state index contributed by atoms with van der Waals surface area (Å²) in [6, 6.07) is 3.99. The summed E-state index contributed by atoms with van der Waals surface area (Å²) in [5, 5.41) is 14.6. The Labute approximate surface area is 135 Å². The highest BCUT2D eigenvalue weighted by Gasteiger charge is 2.57. The SMILES string of the molecule is Cc1ccc(NC(=O)C2CC23CCNCC3)c2[nH]ncc12.Cl. The smallest absolute Gasteiger partial charge is 0.228 e. The number of halogens is 1. The first-order valence-electron chi connectivity index (χ1n) is 7.64. The van der Waals surface area contributed by atoms with Gasteiger partial charge in [0.25, 0.3) is 0 Å². The first-order chi connectivity index (χ1) is 10.2. The number of carbonyl (C=O) groups is 1. The molecule has 5 nitrogen and oxygen atoms in total. The fraction of sp³-hybridized carbons (Fsp3) is 0.500. The summed E-state index contributed by atoms with van der Waals surface area (Å²) in [4.78, 5) is 12.5. The van der Waals surface area contributed by atoms with Crippen molar-refractivity contribution in [3.05, 3.63) is 23.9 Å². The second kappa shape index (κ2) is 5.56. The van der Waals surface area contributed by atoms with Gasteiger partial charge in [0.15, 0.2) is 0 Å². The predicted molar refractivity (Wildman–Crippen MR) is 89.4 cm³/mol. The van der Waals surface area contributed by atoms with E-state index in [-0.39, 0.29) is 29.6 Å². The van der Waals surface area contributed by atoms with Crippen molar-refractivity contribution >= 4 is 34.9 Å². The molecule has 1 saturated heterocycles. The Balaban J connectivity index is 0.00000144. The lowest BCUT2D eigenvalue weighted by molar-refractivity contribution is -0.118. The largest absolute Gasteiger partial charge is 0.324 e. The molecule has 1 aromatic carbocycles. The Bertz CT molecular complexity index is 705. The quantitative estimate of drug-likeness (QED) is 0.796. The van der Waals surface area contributed by atoms with Crippen LogP contribution in [-0.4, -0.2) is 29.2 Å². The van der Waals surface area contributed by atoms with E-state index in [1.165, 1.54) is 0 Å². The van der Waals surface area contributed by atoms with E-state index in [1.54, 1.807) is 0 Å². The molecule has 6 heteroatoms. The average molecular weight is 321 g/mol. The van der Waals surface area contributed by atoms with Crippen LogP contribution < -0.4 is 10.6 Å². The molecule has 1 spiro atoms. The van der Waals surface area contributed by atoms with Gasteiger partial charge in [0.2, 0.25) is 5.91 Å². The lowest BCUT2D eigenvalue weighted by atomic mass is 9.92. The second-order valence-electron chi connectivity index (χ2n) is 6.45. The van der Waals surface area contributed by atoms with E-state index in [4.69, 9.17) is 0 Å². The number of fused-ring (bicyclic) bond motifs is 1. The highest BCUT2D eigenvalue weighted by Crippen LogP contribution is 2.58. The van der Waals surface area contributed by atoms with Crippen molar-refractivity contribution < 1.29 is 4.79 Å². The van der Waals surface area contributed by atoms with E-state index < -0.39 is 0 Å². The van der Waals surface area contributed by atoms with Crippen LogP contribution in [0.4, 0.5) is 5.69 Å². The maximum atomic E-state index is 12.5. The molecule has 1 atom stereocenters. The maximum Gasteiger partial charge on any atom is 0.228 e. The number of amides is 1. The minimum atomic E-state index is 0. The number of piperidine rings is 1. The Morgan fingerprint density at radius 1 is 1.36 bits per heavy atom. The number of carbonyl (C=O) groups excluding carboxylic acids is 1. The fourth-order valence-electron chi connectivity index (χ4n) is 3.69. The molecule has 1 aliphatic carbocycles. The summed E-state index contributed by atoms with van der Waals surface area (Å²) in [7, 11) is 0. The Morgan fingerprint density at radius 2 is 2.14 bits per heavy atom. The highest BCUT2D eigenvalue weighted by molar-refractivity contribution is 6.03. The second-order valence-corrected chi connectivity index (χ2v) is 6.45. The molecule has 22 heavy (non-hydrogen) atoms. The fourth-order valence-corrected chi connectivity index (χ4v) is 3.69. The van der Waals surface area contributed by atoms with Crippen LogP contribution in [0.1, 0.15) is 24.8 Å². The molecular formula is C16H21ClN4O. The third-order valence-corrected chi connectivity index (χ3v) is 5.20. The lowest BCUT2D eigenvalue weighted by Gasteiger charge is -2.23. The molecule has 4 rings (SSSR count). The van der Waals surface area contributed by atoms with Crippen molar-refractivity contribution in [2.24, 2.45) is 11.3 Å². The maximum absolute atomic E-state index is 12.5. The number of H-pyrrole nitrogens is 1. The highest BCUT2D eigenvalue weighted by atomic mass is 35.5. The number of hydrogen-bond donors (Lipinski definition) is 3. The molecule has 1 unspecified atom stereocenters. The van der Waals surface area contributed by atoms with E-state index in [2.05, 4.69) is 20.8 Å². The summed E-state index contributed by atoms with van der Waals surface area (Å²) < 4.78 is 0. The lowest BCUT2D eigenvalue weighted by Crippen LogP contribution is -2.31. The topological polar surface area (TPSA) is 69.8 Å². The Kier molecular flexibility index (Phi) is 3.87. The Morgan fingerprint density at radius 3 is 2.91 bits per heavy atom. The van der Waals surface area contributed by atoms with E-state index in [1.807, 2.05) is 25.3 Å². The molecule has 1 saturated carbocycles. The Hall–Kier alpha value is -1.59. The first kappa shape index (κ1) is 15.3. The van der Waals surface area contributed by atoms with Crippen LogP contribution in [0.5, 0.6) is 0 Å². The van der Waals surface area contributed by atoms with Crippen molar-refractivity contribution in [2.75, 3.05) is 18.4 Å². The zero-order valence-electron chi connectivity index (χ0n) is 12.6. The molecule has 2 aromatic rings. The molecule has 2 heterocycles. The number of benzene rings is 1. The number of aryl methyl sites for hydroxylation is 1. The van der Waals surface area contributed by atoms with Crippen molar-refractivity contribution in [2.45, 2.75) is 26.2 Å². The minimum Gasteiger partial charge on any atom is -0.324 e. The number of nitrogens with one attached hydrogen (secondary N) is 3. The number of hydrogen-bond acceptors (Lipinski definition) is 3. The van der Waals surface area contributed by atoms with Gasteiger partial charge in [-0.1, -0.05) is 6.07 Å². The number of rotatable bonds is 2. The van der Waals surface area contributed by atoms with E-state index in [0.717, 1.165) is 54.5 Å². The summed E-state index contributed by atoms with van der Waals surface area (Å²) in [5.41, 5.74) is 3.20. The van der Waals surface area contributed by atoms with Crippen molar-refractivity contribution in [1.29, 1.82) is 0 Å². The van der Waals surface area contributed by atoms with Gasteiger partial charge in [0.05, 0.1) is 17.4 Å². The van der Waals surface area contributed by atoms with Crippen LogP contribution in [-0.2, 0) is 4.79 Å². The molecule has 118 valence electrons. The van der Waals surface area contributed by atoms with Gasteiger partial charge in [0, 0.05) is 11.3 Å². The minimum absolute atomic E-state index is 0. The molecule has 1 aliphatic heterocycles. The third kappa shape index (κ3) is 2.38. The molecule has 3 N–H and O–H groups in total. The number of anilines is 1.